The Balaban J connectivity index is 0.00000300. The van der Waals surface area contributed by atoms with Gasteiger partial charge in [0.1, 0.15) is 5.54 Å². The molecule has 0 aliphatic heterocycles. The summed E-state index contributed by atoms with van der Waals surface area (Å²) in [5.41, 5.74) is 6.21. The van der Waals surface area contributed by atoms with Gasteiger partial charge in [0.05, 0.1) is 0 Å². The molecule has 0 saturated heterocycles. The lowest BCUT2D eigenvalue weighted by atomic mass is 9.83. The molecular formula is C22H35ClN4O2. The summed E-state index contributed by atoms with van der Waals surface area (Å²) in [6.45, 7) is 0.893. The van der Waals surface area contributed by atoms with E-state index in [1.54, 1.807) is 0 Å². The zero-order valence-corrected chi connectivity index (χ0v) is 17.9. The van der Waals surface area contributed by atoms with E-state index < -0.39 is 5.54 Å². The Morgan fingerprint density at radius 2 is 1.69 bits per heavy atom. The van der Waals surface area contributed by atoms with Gasteiger partial charge >= 0.3 is 6.03 Å². The van der Waals surface area contributed by atoms with Crippen molar-refractivity contribution in [2.75, 3.05) is 6.54 Å². The molecule has 3 amide bonds. The number of benzene rings is 1. The van der Waals surface area contributed by atoms with Crippen LogP contribution >= 0.6 is 12.4 Å². The Morgan fingerprint density at radius 3 is 2.31 bits per heavy atom. The van der Waals surface area contributed by atoms with Gasteiger partial charge in [0.15, 0.2) is 0 Å². The maximum absolute atomic E-state index is 13.2. The highest BCUT2D eigenvalue weighted by atomic mass is 35.5. The van der Waals surface area contributed by atoms with Crippen LogP contribution in [0.25, 0.3) is 0 Å². The Kier molecular flexibility index (Phi) is 9.24. The normalized spacial score (nSPS) is 19.6. The molecule has 1 atom stereocenters. The van der Waals surface area contributed by atoms with Crippen LogP contribution in [0.1, 0.15) is 63.4 Å². The first kappa shape index (κ1) is 23.5. The van der Waals surface area contributed by atoms with Crippen LogP contribution in [0.5, 0.6) is 0 Å². The first-order valence-electron chi connectivity index (χ1n) is 10.7. The summed E-state index contributed by atoms with van der Waals surface area (Å²) in [5, 5.41) is 9.07. The van der Waals surface area contributed by atoms with Crippen LogP contribution in [0.3, 0.4) is 0 Å². The van der Waals surface area contributed by atoms with Gasteiger partial charge in [-0.1, -0.05) is 62.4 Å². The standard InChI is InChI=1S/C22H34N4O2.ClH/c23-15-19(18-11-5-2-6-12-18)25-20(27)22(13-7-8-14-22)26-21(28)24-16-17-9-3-1-4-10-17;/h1,3-4,9-10,18-19H,2,5-8,11-16,23H2,(H,25,27)(H2,24,26,28);1H. The number of rotatable bonds is 7. The van der Waals surface area contributed by atoms with Crippen LogP contribution < -0.4 is 21.7 Å². The number of carbonyl (C=O) groups excluding carboxylic acids is 2. The molecule has 0 radical (unpaired) electrons. The van der Waals surface area contributed by atoms with E-state index in [4.69, 9.17) is 5.73 Å². The minimum atomic E-state index is -0.817. The second-order valence-corrected chi connectivity index (χ2v) is 8.30. The van der Waals surface area contributed by atoms with Crippen LogP contribution in [0.15, 0.2) is 30.3 Å². The van der Waals surface area contributed by atoms with E-state index in [0.717, 1.165) is 31.2 Å². The average molecular weight is 423 g/mol. The lowest BCUT2D eigenvalue weighted by Gasteiger charge is -2.35. The highest BCUT2D eigenvalue weighted by molar-refractivity contribution is 5.91. The molecule has 1 aromatic carbocycles. The van der Waals surface area contributed by atoms with Gasteiger partial charge in [0.25, 0.3) is 0 Å². The van der Waals surface area contributed by atoms with Crippen molar-refractivity contribution in [3.05, 3.63) is 35.9 Å². The number of carbonyl (C=O) groups is 2. The summed E-state index contributed by atoms with van der Waals surface area (Å²) in [7, 11) is 0. The van der Waals surface area contributed by atoms with Gasteiger partial charge in [0, 0.05) is 19.1 Å². The molecule has 1 unspecified atom stereocenters. The summed E-state index contributed by atoms with van der Waals surface area (Å²) >= 11 is 0. The number of halogens is 1. The van der Waals surface area contributed by atoms with Gasteiger partial charge in [-0.2, -0.15) is 0 Å². The minimum Gasteiger partial charge on any atom is -0.350 e. The van der Waals surface area contributed by atoms with Gasteiger partial charge in [-0.3, -0.25) is 4.79 Å². The van der Waals surface area contributed by atoms with Crippen molar-refractivity contribution < 1.29 is 9.59 Å². The maximum Gasteiger partial charge on any atom is 0.315 e. The fourth-order valence-corrected chi connectivity index (χ4v) is 4.64. The van der Waals surface area contributed by atoms with Crippen LogP contribution in [-0.4, -0.2) is 30.1 Å². The van der Waals surface area contributed by atoms with E-state index in [1.165, 1.54) is 19.3 Å². The predicted octanol–water partition coefficient (Wildman–Crippen LogP) is 3.24. The number of amides is 3. The second kappa shape index (κ2) is 11.4. The number of nitrogens with one attached hydrogen (secondary N) is 3. The highest BCUT2D eigenvalue weighted by Gasteiger charge is 2.43. The Bertz CT molecular complexity index is 643. The molecule has 6 nitrogen and oxygen atoms in total. The zero-order chi connectivity index (χ0) is 19.8. The van der Waals surface area contributed by atoms with Crippen molar-refractivity contribution >= 4 is 24.3 Å². The number of urea groups is 1. The van der Waals surface area contributed by atoms with Crippen molar-refractivity contribution in [2.24, 2.45) is 11.7 Å². The lowest BCUT2D eigenvalue weighted by Crippen LogP contribution is -2.62. The Labute approximate surface area is 180 Å². The Hall–Kier alpha value is -1.79. The van der Waals surface area contributed by atoms with E-state index in [2.05, 4.69) is 16.0 Å². The van der Waals surface area contributed by atoms with E-state index in [-0.39, 0.29) is 30.4 Å². The van der Waals surface area contributed by atoms with Crippen LogP contribution in [0, 0.1) is 5.92 Å². The monoisotopic (exact) mass is 422 g/mol. The van der Waals surface area contributed by atoms with Crippen molar-refractivity contribution in [1.29, 1.82) is 0 Å². The smallest absolute Gasteiger partial charge is 0.315 e. The third-order valence-electron chi connectivity index (χ3n) is 6.33. The molecule has 162 valence electrons. The molecular weight excluding hydrogens is 388 g/mol. The fraction of sp³-hybridized carbons (Fsp3) is 0.636. The van der Waals surface area contributed by atoms with Crippen molar-refractivity contribution in [1.82, 2.24) is 16.0 Å². The molecule has 0 aromatic heterocycles. The van der Waals surface area contributed by atoms with Gasteiger partial charge in [-0.25, -0.2) is 4.79 Å². The highest BCUT2D eigenvalue weighted by Crippen LogP contribution is 2.31. The molecule has 7 heteroatoms. The van der Waals surface area contributed by atoms with Crippen molar-refractivity contribution in [3.63, 3.8) is 0 Å². The largest absolute Gasteiger partial charge is 0.350 e. The van der Waals surface area contributed by atoms with Crippen LogP contribution in [0.2, 0.25) is 0 Å². The molecule has 3 rings (SSSR count). The zero-order valence-electron chi connectivity index (χ0n) is 17.1. The second-order valence-electron chi connectivity index (χ2n) is 8.30. The molecule has 5 N–H and O–H groups in total. The SMILES string of the molecule is Cl.NCC(NC(=O)C1(NC(=O)NCc2ccccc2)CCCC1)C1CCCCC1. The number of nitrogens with two attached hydrogens (primary N) is 1. The third-order valence-corrected chi connectivity index (χ3v) is 6.33. The molecule has 0 heterocycles. The number of hydrogen-bond donors (Lipinski definition) is 4. The predicted molar refractivity (Wildman–Crippen MR) is 118 cm³/mol. The van der Waals surface area contributed by atoms with Gasteiger partial charge < -0.3 is 21.7 Å². The molecule has 2 saturated carbocycles. The van der Waals surface area contributed by atoms with E-state index in [1.807, 2.05) is 30.3 Å². The summed E-state index contributed by atoms with van der Waals surface area (Å²) < 4.78 is 0. The molecule has 2 aliphatic rings. The molecule has 29 heavy (non-hydrogen) atoms. The van der Waals surface area contributed by atoms with E-state index in [0.29, 0.717) is 31.8 Å². The molecule has 0 bridgehead atoms. The van der Waals surface area contributed by atoms with E-state index in [9.17, 15) is 9.59 Å². The molecule has 2 aliphatic carbocycles. The van der Waals surface area contributed by atoms with Gasteiger partial charge in [-0.05, 0) is 37.2 Å². The average Bonchev–Trinajstić information content (AvgIpc) is 3.21. The maximum atomic E-state index is 13.2. The summed E-state index contributed by atoms with van der Waals surface area (Å²) in [6.07, 6.45) is 9.20. The van der Waals surface area contributed by atoms with Crippen LogP contribution in [-0.2, 0) is 11.3 Å². The van der Waals surface area contributed by atoms with E-state index >= 15 is 0 Å². The number of hydrogen-bond acceptors (Lipinski definition) is 3. The van der Waals surface area contributed by atoms with Crippen LogP contribution in [0.4, 0.5) is 4.79 Å². The summed E-state index contributed by atoms with van der Waals surface area (Å²) in [4.78, 5) is 25.7. The fourth-order valence-electron chi connectivity index (χ4n) is 4.64. The van der Waals surface area contributed by atoms with Crippen molar-refractivity contribution in [2.45, 2.75) is 75.9 Å². The topological polar surface area (TPSA) is 96.2 Å². The minimum absolute atomic E-state index is 0. The first-order chi connectivity index (χ1) is 13.6. The molecule has 2 fully saturated rings. The van der Waals surface area contributed by atoms with Gasteiger partial charge in [0.2, 0.25) is 5.91 Å². The molecule has 1 aromatic rings. The first-order valence-corrected chi connectivity index (χ1v) is 10.7. The quantitative estimate of drug-likeness (QED) is 0.543. The Morgan fingerprint density at radius 1 is 1.03 bits per heavy atom. The summed E-state index contributed by atoms with van der Waals surface area (Å²) in [6, 6.07) is 9.48. The molecule has 0 spiro atoms. The summed E-state index contributed by atoms with van der Waals surface area (Å²) in [5.74, 6) is 0.383. The van der Waals surface area contributed by atoms with Gasteiger partial charge in [-0.15, -0.1) is 12.4 Å². The lowest BCUT2D eigenvalue weighted by molar-refractivity contribution is -0.128. The van der Waals surface area contributed by atoms with Crippen molar-refractivity contribution in [3.8, 4) is 0 Å². The third kappa shape index (κ3) is 6.34.